The molecule has 0 radical (unpaired) electrons. The van der Waals surface area contributed by atoms with E-state index in [0.717, 1.165) is 43.9 Å². The van der Waals surface area contributed by atoms with Crippen molar-refractivity contribution in [2.24, 2.45) is 22.7 Å². The third-order valence-electron chi connectivity index (χ3n) is 8.32. The number of hydrogen-bond acceptors (Lipinski definition) is 5. The van der Waals surface area contributed by atoms with Crippen molar-refractivity contribution in [3.63, 3.8) is 0 Å². The average molecular weight is 443 g/mol. The molecule has 0 aromatic rings. The Hall–Kier alpha value is -0.600. The van der Waals surface area contributed by atoms with Crippen molar-refractivity contribution in [2.45, 2.75) is 64.8 Å². The molecular formula is C21H34N2O4S2. The van der Waals surface area contributed by atoms with Crippen LogP contribution in [0.2, 0.25) is 0 Å². The minimum Gasteiger partial charge on any atom is -0.341 e. The van der Waals surface area contributed by atoms with E-state index in [1.165, 1.54) is 0 Å². The molecule has 0 spiro atoms. The van der Waals surface area contributed by atoms with Crippen LogP contribution in [0.3, 0.4) is 0 Å². The largest absolute Gasteiger partial charge is 0.341 e. The van der Waals surface area contributed by atoms with E-state index in [0.29, 0.717) is 31.6 Å². The third-order valence-corrected chi connectivity index (χ3v) is 10.8. The molecule has 1 amide bonds. The maximum Gasteiger partial charge on any atom is 0.225 e. The van der Waals surface area contributed by atoms with Crippen molar-refractivity contribution in [1.29, 1.82) is 0 Å². The van der Waals surface area contributed by atoms with E-state index in [-0.39, 0.29) is 34.8 Å². The molecule has 1 saturated heterocycles. The average Bonchev–Trinajstić information content (AvgIpc) is 3.02. The first-order valence-corrected chi connectivity index (χ1v) is 13.9. The summed E-state index contributed by atoms with van der Waals surface area (Å²) >= 11 is 1.89. The molecule has 6 nitrogen and oxygen atoms in total. The number of Topliss-reactive ketones (excluding diaryl/α,β-unsaturated/α-hetero) is 1. The second-order valence-corrected chi connectivity index (χ2v) is 13.0. The molecule has 1 N–H and O–H groups in total. The van der Waals surface area contributed by atoms with Crippen LogP contribution >= 0.6 is 11.8 Å². The van der Waals surface area contributed by atoms with Gasteiger partial charge in [-0.15, -0.1) is 0 Å². The van der Waals surface area contributed by atoms with Crippen molar-refractivity contribution < 1.29 is 18.0 Å². The summed E-state index contributed by atoms with van der Waals surface area (Å²) in [6.45, 7) is 5.81. The number of nitrogens with one attached hydrogen (secondary N) is 1. The van der Waals surface area contributed by atoms with Crippen molar-refractivity contribution in [2.75, 3.05) is 30.3 Å². The number of hydrogen-bond donors (Lipinski definition) is 1. The predicted molar refractivity (Wildman–Crippen MR) is 115 cm³/mol. The molecule has 4 rings (SSSR count). The van der Waals surface area contributed by atoms with Crippen LogP contribution in [0.5, 0.6) is 0 Å². The number of carbonyl (C=O) groups excluding carboxylic acids is 2. The van der Waals surface area contributed by atoms with Gasteiger partial charge in [0.15, 0.2) is 0 Å². The minimum absolute atomic E-state index is 0.0309. The SMILES string of the molecule is CC1(C)[C@H]2CC[C@@]1(CS(=O)(=O)NC1CCC(C(=O)N3CCSCC3)CC1)C(=O)C2. The van der Waals surface area contributed by atoms with Crippen LogP contribution in [0, 0.1) is 22.7 Å². The van der Waals surface area contributed by atoms with Gasteiger partial charge < -0.3 is 4.90 Å². The smallest absolute Gasteiger partial charge is 0.225 e. The molecule has 8 heteroatoms. The van der Waals surface area contributed by atoms with Crippen molar-refractivity contribution in [3.05, 3.63) is 0 Å². The molecule has 29 heavy (non-hydrogen) atoms. The molecule has 3 aliphatic carbocycles. The van der Waals surface area contributed by atoms with E-state index in [1.807, 2.05) is 16.7 Å². The van der Waals surface area contributed by atoms with Crippen LogP contribution in [0.25, 0.3) is 0 Å². The van der Waals surface area contributed by atoms with Gasteiger partial charge in [-0.25, -0.2) is 13.1 Å². The minimum atomic E-state index is -3.54. The predicted octanol–water partition coefficient (Wildman–Crippen LogP) is 2.44. The summed E-state index contributed by atoms with van der Waals surface area (Å²) in [6.07, 6.45) is 5.07. The maximum atomic E-state index is 13.0. The molecule has 0 unspecified atom stereocenters. The summed E-state index contributed by atoms with van der Waals surface area (Å²) in [5.74, 6) is 2.69. The van der Waals surface area contributed by atoms with Crippen molar-refractivity contribution >= 4 is 33.5 Å². The van der Waals surface area contributed by atoms with Gasteiger partial charge in [0.1, 0.15) is 5.78 Å². The monoisotopic (exact) mass is 442 g/mol. The van der Waals surface area contributed by atoms with E-state index in [1.54, 1.807) is 0 Å². The van der Waals surface area contributed by atoms with E-state index in [2.05, 4.69) is 18.6 Å². The Bertz CT molecular complexity index is 768. The third kappa shape index (κ3) is 3.89. The zero-order valence-corrected chi connectivity index (χ0v) is 19.2. The van der Waals surface area contributed by atoms with Crippen LogP contribution in [0.1, 0.15) is 58.8 Å². The summed E-state index contributed by atoms with van der Waals surface area (Å²) < 4.78 is 28.9. The Balaban J connectivity index is 1.33. The fourth-order valence-corrected chi connectivity index (χ4v) is 9.28. The number of ketones is 1. The molecule has 3 saturated carbocycles. The number of fused-ring (bicyclic) bond motifs is 2. The normalized spacial score (nSPS) is 37.1. The summed E-state index contributed by atoms with van der Waals surface area (Å²) in [4.78, 5) is 27.4. The molecular weight excluding hydrogens is 408 g/mol. The zero-order chi connectivity index (χ0) is 20.9. The van der Waals surface area contributed by atoms with Gasteiger partial charge in [-0.1, -0.05) is 13.8 Å². The molecule has 1 heterocycles. The summed E-state index contributed by atoms with van der Waals surface area (Å²) in [5, 5.41) is 0. The number of nitrogens with zero attached hydrogens (tertiary/aromatic N) is 1. The van der Waals surface area contributed by atoms with Gasteiger partial charge in [0.25, 0.3) is 0 Å². The van der Waals surface area contributed by atoms with Gasteiger partial charge >= 0.3 is 0 Å². The quantitative estimate of drug-likeness (QED) is 0.707. The Morgan fingerprint density at radius 1 is 1.14 bits per heavy atom. The van der Waals surface area contributed by atoms with E-state index in [4.69, 9.17) is 0 Å². The standard InChI is InChI=1S/C21H34N2O4S2/c1-20(2)16-7-8-21(20,18(24)13-16)14-29(26,27)22-17-5-3-15(4-6-17)19(25)23-9-11-28-12-10-23/h15-17,22H,3-14H2,1-2H3/t15?,16-,17?,21+/m0/s1. The highest BCUT2D eigenvalue weighted by atomic mass is 32.2. The first-order valence-electron chi connectivity index (χ1n) is 11.0. The lowest BCUT2D eigenvalue weighted by Crippen LogP contribution is -2.48. The summed E-state index contributed by atoms with van der Waals surface area (Å²) in [7, 11) is -3.54. The number of carbonyl (C=O) groups is 2. The Kier molecular flexibility index (Phi) is 5.84. The number of rotatable bonds is 5. The number of sulfonamides is 1. The van der Waals surface area contributed by atoms with Crippen LogP contribution in [0.4, 0.5) is 0 Å². The Labute approximate surface area is 179 Å². The van der Waals surface area contributed by atoms with Gasteiger partial charge in [0.2, 0.25) is 15.9 Å². The van der Waals surface area contributed by atoms with Crippen LogP contribution in [-0.4, -0.2) is 61.4 Å². The highest BCUT2D eigenvalue weighted by Crippen LogP contribution is 2.64. The molecule has 0 aromatic carbocycles. The molecule has 4 fully saturated rings. The van der Waals surface area contributed by atoms with Gasteiger partial charge in [-0.05, 0) is 49.9 Å². The van der Waals surface area contributed by atoms with Gasteiger partial charge in [-0.3, -0.25) is 9.59 Å². The highest BCUT2D eigenvalue weighted by Gasteiger charge is 2.65. The molecule has 0 aromatic heterocycles. The maximum absolute atomic E-state index is 13.0. The van der Waals surface area contributed by atoms with Crippen molar-refractivity contribution in [1.82, 2.24) is 9.62 Å². The molecule has 164 valence electrons. The summed E-state index contributed by atoms with van der Waals surface area (Å²) in [6, 6.07) is -0.117. The topological polar surface area (TPSA) is 83.6 Å². The Morgan fingerprint density at radius 3 is 2.34 bits per heavy atom. The molecule has 2 bridgehead atoms. The lowest BCUT2D eigenvalue weighted by Gasteiger charge is -2.37. The van der Waals surface area contributed by atoms with Crippen molar-refractivity contribution in [3.8, 4) is 0 Å². The fraction of sp³-hybridized carbons (Fsp3) is 0.905. The zero-order valence-electron chi connectivity index (χ0n) is 17.6. The second kappa shape index (κ2) is 7.83. The van der Waals surface area contributed by atoms with E-state index >= 15 is 0 Å². The van der Waals surface area contributed by atoms with Gasteiger partial charge in [0, 0.05) is 48.4 Å². The number of thioether (sulfide) groups is 1. The molecule has 1 aliphatic heterocycles. The number of amides is 1. The first kappa shape index (κ1) is 21.6. The Morgan fingerprint density at radius 2 is 1.79 bits per heavy atom. The summed E-state index contributed by atoms with van der Waals surface area (Å²) in [5.41, 5.74) is -0.960. The van der Waals surface area contributed by atoms with E-state index < -0.39 is 15.4 Å². The van der Waals surface area contributed by atoms with Crippen LogP contribution in [0.15, 0.2) is 0 Å². The second-order valence-electron chi connectivity index (χ2n) is 10.0. The fourth-order valence-electron chi connectivity index (χ4n) is 6.23. The lowest BCUT2D eigenvalue weighted by molar-refractivity contribution is -0.136. The van der Waals surface area contributed by atoms with Crippen LogP contribution < -0.4 is 4.72 Å². The first-order chi connectivity index (χ1) is 13.6. The molecule has 4 aliphatic rings. The van der Waals surface area contributed by atoms with Gasteiger partial charge in [0.05, 0.1) is 5.75 Å². The van der Waals surface area contributed by atoms with E-state index in [9.17, 15) is 18.0 Å². The highest BCUT2D eigenvalue weighted by molar-refractivity contribution is 7.99. The molecule has 2 atom stereocenters. The van der Waals surface area contributed by atoms with Crippen LogP contribution in [-0.2, 0) is 19.6 Å². The van der Waals surface area contributed by atoms with Gasteiger partial charge in [-0.2, -0.15) is 11.8 Å². The lowest BCUT2D eigenvalue weighted by atomic mass is 9.70.